The average molecular weight is 260 g/mol. The third-order valence-electron chi connectivity index (χ3n) is 2.60. The van der Waals surface area contributed by atoms with E-state index < -0.39 is 0 Å². The van der Waals surface area contributed by atoms with Gasteiger partial charge in [-0.15, -0.1) is 5.10 Å². The highest BCUT2D eigenvalue weighted by Gasteiger charge is 2.05. The Balaban J connectivity index is 2.12. The number of H-pyrrole nitrogens is 1. The van der Waals surface area contributed by atoms with Crippen molar-refractivity contribution in [2.45, 2.75) is 40.3 Å². The van der Waals surface area contributed by atoms with Crippen LogP contribution in [0.15, 0.2) is 18.2 Å². The van der Waals surface area contributed by atoms with Crippen molar-refractivity contribution in [3.8, 4) is 11.8 Å². The van der Waals surface area contributed by atoms with E-state index in [0.717, 1.165) is 23.5 Å². The van der Waals surface area contributed by atoms with Crippen LogP contribution in [0, 0.1) is 13.8 Å². The first-order valence-corrected chi connectivity index (χ1v) is 6.44. The summed E-state index contributed by atoms with van der Waals surface area (Å²) in [4.78, 5) is 4.36. The van der Waals surface area contributed by atoms with Crippen LogP contribution < -0.4 is 10.1 Å². The summed E-state index contributed by atoms with van der Waals surface area (Å²) < 4.78 is 5.65. The molecule has 0 saturated heterocycles. The van der Waals surface area contributed by atoms with E-state index in [4.69, 9.17) is 4.74 Å². The molecule has 2 rings (SSSR count). The van der Waals surface area contributed by atoms with Crippen molar-refractivity contribution in [1.29, 1.82) is 0 Å². The number of pyridine rings is 1. The molecule has 0 spiro atoms. The van der Waals surface area contributed by atoms with Gasteiger partial charge in [0, 0.05) is 36.1 Å². The number of hydrogen-bond acceptors (Lipinski definition) is 4. The first-order valence-electron chi connectivity index (χ1n) is 6.44. The number of aromatic amines is 1. The third kappa shape index (κ3) is 4.06. The molecule has 0 amide bonds. The molecule has 0 aliphatic carbocycles. The van der Waals surface area contributed by atoms with Crippen molar-refractivity contribution in [2.75, 3.05) is 0 Å². The summed E-state index contributed by atoms with van der Waals surface area (Å²) >= 11 is 0. The van der Waals surface area contributed by atoms with Gasteiger partial charge in [-0.3, -0.25) is 5.10 Å². The minimum Gasteiger partial charge on any atom is -0.419 e. The fourth-order valence-corrected chi connectivity index (χ4v) is 1.74. The van der Waals surface area contributed by atoms with Gasteiger partial charge in [-0.1, -0.05) is 13.8 Å². The number of rotatable bonds is 5. The summed E-state index contributed by atoms with van der Waals surface area (Å²) in [5.41, 5.74) is 3.05. The number of ether oxygens (including phenoxy) is 1. The fraction of sp³-hybridized carbons (Fsp3) is 0.429. The lowest BCUT2D eigenvalue weighted by atomic mass is 10.2. The SMILES string of the molecule is Cc1cc(CNC(C)C)cc(Oc2cc(C)[nH]n2)n1. The quantitative estimate of drug-likeness (QED) is 0.867. The molecule has 0 atom stereocenters. The normalized spacial score (nSPS) is 11.0. The monoisotopic (exact) mass is 260 g/mol. The Morgan fingerprint density at radius 1 is 1.21 bits per heavy atom. The summed E-state index contributed by atoms with van der Waals surface area (Å²) in [5, 5.41) is 10.3. The molecule has 102 valence electrons. The Labute approximate surface area is 113 Å². The van der Waals surface area contributed by atoms with Crippen molar-refractivity contribution < 1.29 is 4.74 Å². The molecule has 5 heteroatoms. The predicted molar refractivity (Wildman–Crippen MR) is 74.3 cm³/mol. The number of aromatic nitrogens is 3. The summed E-state index contributed by atoms with van der Waals surface area (Å²) in [7, 11) is 0. The zero-order chi connectivity index (χ0) is 13.8. The zero-order valence-corrected chi connectivity index (χ0v) is 11.8. The van der Waals surface area contributed by atoms with Crippen molar-refractivity contribution in [3.05, 3.63) is 35.2 Å². The molecule has 19 heavy (non-hydrogen) atoms. The topological polar surface area (TPSA) is 62.8 Å². The Kier molecular flexibility index (Phi) is 4.16. The average Bonchev–Trinajstić information content (AvgIpc) is 2.71. The lowest BCUT2D eigenvalue weighted by molar-refractivity contribution is 0.441. The van der Waals surface area contributed by atoms with E-state index in [2.05, 4.69) is 40.4 Å². The molecule has 2 N–H and O–H groups in total. The molecule has 5 nitrogen and oxygen atoms in total. The maximum absolute atomic E-state index is 5.65. The highest BCUT2D eigenvalue weighted by molar-refractivity contribution is 5.28. The van der Waals surface area contributed by atoms with Crippen LogP contribution >= 0.6 is 0 Å². The summed E-state index contributed by atoms with van der Waals surface area (Å²) in [6.07, 6.45) is 0. The van der Waals surface area contributed by atoms with Crippen LogP contribution in [0.2, 0.25) is 0 Å². The smallest absolute Gasteiger partial charge is 0.240 e. The van der Waals surface area contributed by atoms with Gasteiger partial charge >= 0.3 is 0 Å². The van der Waals surface area contributed by atoms with Gasteiger partial charge in [0.2, 0.25) is 11.8 Å². The second-order valence-corrected chi connectivity index (χ2v) is 4.98. The molecule has 0 bridgehead atoms. The maximum atomic E-state index is 5.65. The lowest BCUT2D eigenvalue weighted by Gasteiger charge is -2.10. The highest BCUT2D eigenvalue weighted by Crippen LogP contribution is 2.19. The Hall–Kier alpha value is -1.88. The van der Waals surface area contributed by atoms with Crippen LogP contribution in [0.5, 0.6) is 11.8 Å². The number of nitrogens with zero attached hydrogens (tertiary/aromatic N) is 2. The molecular formula is C14H20N4O. The number of hydrogen-bond donors (Lipinski definition) is 2. The van der Waals surface area contributed by atoms with E-state index in [1.54, 1.807) is 0 Å². The lowest BCUT2D eigenvalue weighted by Crippen LogP contribution is -2.21. The van der Waals surface area contributed by atoms with Crippen molar-refractivity contribution >= 4 is 0 Å². The Morgan fingerprint density at radius 2 is 2.00 bits per heavy atom. The van der Waals surface area contributed by atoms with Crippen LogP contribution in [0.3, 0.4) is 0 Å². The van der Waals surface area contributed by atoms with Crippen molar-refractivity contribution in [2.24, 2.45) is 0 Å². The van der Waals surface area contributed by atoms with E-state index in [9.17, 15) is 0 Å². The molecule has 0 aromatic carbocycles. The second kappa shape index (κ2) is 5.84. The van der Waals surface area contributed by atoms with Crippen LogP contribution in [0.4, 0.5) is 0 Å². The maximum Gasteiger partial charge on any atom is 0.240 e. The van der Waals surface area contributed by atoms with Gasteiger partial charge in [0.15, 0.2) is 0 Å². The second-order valence-electron chi connectivity index (χ2n) is 4.98. The van der Waals surface area contributed by atoms with Gasteiger partial charge in [-0.05, 0) is 25.5 Å². The predicted octanol–water partition coefficient (Wildman–Crippen LogP) is 2.71. The summed E-state index contributed by atoms with van der Waals surface area (Å²) in [6.45, 7) is 8.94. The third-order valence-corrected chi connectivity index (χ3v) is 2.60. The van der Waals surface area contributed by atoms with Crippen LogP contribution in [-0.2, 0) is 6.54 Å². The van der Waals surface area contributed by atoms with Crippen LogP contribution in [0.25, 0.3) is 0 Å². The van der Waals surface area contributed by atoms with Gasteiger partial charge in [0.25, 0.3) is 0 Å². The van der Waals surface area contributed by atoms with Gasteiger partial charge in [0.1, 0.15) is 0 Å². The molecule has 0 radical (unpaired) electrons. The highest BCUT2D eigenvalue weighted by atomic mass is 16.5. The molecule has 2 aromatic rings. The summed E-state index contributed by atoms with van der Waals surface area (Å²) in [5.74, 6) is 1.12. The molecule has 0 fully saturated rings. The van der Waals surface area contributed by atoms with Crippen LogP contribution in [0.1, 0.15) is 30.8 Å². The largest absolute Gasteiger partial charge is 0.419 e. The van der Waals surface area contributed by atoms with Gasteiger partial charge in [-0.2, -0.15) is 0 Å². The minimum atomic E-state index is 0.451. The van der Waals surface area contributed by atoms with Crippen LogP contribution in [-0.4, -0.2) is 21.2 Å². The Bertz CT molecular complexity index is 548. The van der Waals surface area contributed by atoms with E-state index in [1.165, 1.54) is 0 Å². The molecule has 0 saturated carbocycles. The zero-order valence-electron chi connectivity index (χ0n) is 11.8. The minimum absolute atomic E-state index is 0.451. The number of aryl methyl sites for hydroxylation is 2. The summed E-state index contributed by atoms with van der Waals surface area (Å²) in [6, 6.07) is 6.28. The van der Waals surface area contributed by atoms with E-state index in [1.807, 2.05) is 26.0 Å². The molecular weight excluding hydrogens is 240 g/mol. The standard InChI is InChI=1S/C14H20N4O/c1-9(2)15-8-12-5-10(3)16-13(7-12)19-14-6-11(4)17-18-14/h5-7,9,15H,8H2,1-4H3,(H,17,18). The van der Waals surface area contributed by atoms with Crippen molar-refractivity contribution in [3.63, 3.8) is 0 Å². The van der Waals surface area contributed by atoms with Crippen molar-refractivity contribution in [1.82, 2.24) is 20.5 Å². The van der Waals surface area contributed by atoms with E-state index in [-0.39, 0.29) is 0 Å². The molecule has 0 unspecified atom stereocenters. The Morgan fingerprint density at radius 3 is 2.63 bits per heavy atom. The van der Waals surface area contributed by atoms with Gasteiger partial charge in [-0.25, -0.2) is 4.98 Å². The fourth-order valence-electron chi connectivity index (χ4n) is 1.74. The first-order chi connectivity index (χ1) is 9.02. The van der Waals surface area contributed by atoms with E-state index in [0.29, 0.717) is 17.8 Å². The molecule has 0 aliphatic heterocycles. The molecule has 2 aromatic heterocycles. The molecule has 2 heterocycles. The van der Waals surface area contributed by atoms with Gasteiger partial charge in [0.05, 0.1) is 0 Å². The molecule has 0 aliphatic rings. The number of nitrogens with one attached hydrogen (secondary N) is 2. The van der Waals surface area contributed by atoms with Gasteiger partial charge < -0.3 is 10.1 Å². The van der Waals surface area contributed by atoms with E-state index >= 15 is 0 Å². The first kappa shape index (κ1) is 13.5.